The molecule has 184 valence electrons. The van der Waals surface area contributed by atoms with Crippen LogP contribution in [0.3, 0.4) is 0 Å². The predicted molar refractivity (Wildman–Crippen MR) is 131 cm³/mol. The van der Waals surface area contributed by atoms with E-state index in [1.165, 1.54) is 5.01 Å². The number of nitrogens with zero attached hydrogens (tertiary/aromatic N) is 1. The van der Waals surface area contributed by atoms with E-state index in [9.17, 15) is 19.6 Å². The topological polar surface area (TPSA) is 98.7 Å². The van der Waals surface area contributed by atoms with Gasteiger partial charge in [-0.25, -0.2) is 5.48 Å². The van der Waals surface area contributed by atoms with E-state index < -0.39 is 17.7 Å². The number of hydrogen-bond acceptors (Lipinski definition) is 4. The Balaban J connectivity index is 3.12. The number of hydrazine groups is 1. The Hall–Kier alpha value is -2.67. The summed E-state index contributed by atoms with van der Waals surface area (Å²) < 4.78 is 0. The number of hydrogen-bond donors (Lipinski definition) is 3. The molecule has 0 aliphatic heterocycles. The van der Waals surface area contributed by atoms with Crippen LogP contribution in [0.2, 0.25) is 0 Å². The van der Waals surface area contributed by atoms with Crippen molar-refractivity contribution in [1.82, 2.24) is 15.9 Å². The number of carbonyl (C=O) groups is 3. The second-order valence-corrected chi connectivity index (χ2v) is 9.84. The minimum absolute atomic E-state index is 0.137. The van der Waals surface area contributed by atoms with Gasteiger partial charge >= 0.3 is 0 Å². The molecule has 33 heavy (non-hydrogen) atoms. The number of amides is 3. The van der Waals surface area contributed by atoms with Gasteiger partial charge in [0.2, 0.25) is 17.7 Å². The highest BCUT2D eigenvalue weighted by Gasteiger charge is 2.35. The predicted octanol–water partition coefficient (Wildman–Crippen LogP) is 4.44. The molecule has 7 nitrogen and oxygen atoms in total. The molecule has 0 aliphatic carbocycles. The van der Waals surface area contributed by atoms with Gasteiger partial charge in [-0.05, 0) is 36.2 Å². The van der Waals surface area contributed by atoms with Crippen molar-refractivity contribution in [2.45, 2.75) is 60.8 Å². The molecule has 7 heteroatoms. The summed E-state index contributed by atoms with van der Waals surface area (Å²) >= 11 is 0. The number of nitrogens with one attached hydrogen (secondary N) is 2. The monoisotopic (exact) mass is 459 g/mol. The molecular weight excluding hydrogens is 418 g/mol. The first-order valence-corrected chi connectivity index (χ1v) is 11.8. The third-order valence-corrected chi connectivity index (χ3v) is 5.17. The molecule has 0 unspecified atom stereocenters. The molecule has 0 saturated carbocycles. The highest BCUT2D eigenvalue weighted by molar-refractivity contribution is 5.89. The molecule has 0 aliphatic rings. The van der Waals surface area contributed by atoms with Crippen LogP contribution >= 0.6 is 0 Å². The summed E-state index contributed by atoms with van der Waals surface area (Å²) in [6.45, 7) is 12.2. The second kappa shape index (κ2) is 14.5. The van der Waals surface area contributed by atoms with Crippen LogP contribution in [-0.2, 0) is 14.4 Å². The summed E-state index contributed by atoms with van der Waals surface area (Å²) in [6.07, 6.45) is 4.76. The van der Waals surface area contributed by atoms with Gasteiger partial charge in [-0.3, -0.25) is 30.0 Å². The molecule has 1 rings (SSSR count). The standard InChI is InChI=1S/C26H41N3O4/c1-18(2)15-23(25(31)27-29(17-20(5)6)24(30)16-19(3)4)22(26(32)28-33)14-10-13-21-11-8-7-9-12-21/h7-13,18-20,22-23,33H,14-17H2,1-6H3,(H,27,31)(H,28,32)/b13-10+/t22-,23+/m0/s1. The fourth-order valence-electron chi connectivity index (χ4n) is 3.66. The largest absolute Gasteiger partial charge is 0.289 e. The Bertz CT molecular complexity index is 775. The number of rotatable bonds is 12. The van der Waals surface area contributed by atoms with Gasteiger partial charge in [0.25, 0.3) is 0 Å². The van der Waals surface area contributed by atoms with Crippen LogP contribution < -0.4 is 10.9 Å². The molecule has 0 aromatic heterocycles. The van der Waals surface area contributed by atoms with E-state index in [0.29, 0.717) is 19.4 Å². The summed E-state index contributed by atoms with van der Waals surface area (Å²) in [4.78, 5) is 38.7. The molecule has 0 fully saturated rings. The Morgan fingerprint density at radius 3 is 2.06 bits per heavy atom. The van der Waals surface area contributed by atoms with Crippen LogP contribution in [0.5, 0.6) is 0 Å². The number of benzene rings is 1. The van der Waals surface area contributed by atoms with Crippen LogP contribution in [0.15, 0.2) is 36.4 Å². The van der Waals surface area contributed by atoms with Gasteiger partial charge in [-0.1, -0.05) is 84.0 Å². The average Bonchev–Trinajstić information content (AvgIpc) is 2.74. The molecule has 0 spiro atoms. The van der Waals surface area contributed by atoms with Crippen LogP contribution in [0.1, 0.15) is 66.4 Å². The van der Waals surface area contributed by atoms with Gasteiger partial charge < -0.3 is 0 Å². The molecular formula is C26H41N3O4. The van der Waals surface area contributed by atoms with E-state index in [-0.39, 0.29) is 36.0 Å². The summed E-state index contributed by atoms with van der Waals surface area (Å²) in [5.41, 5.74) is 5.49. The number of hydroxylamine groups is 1. The quantitative estimate of drug-likeness (QED) is 0.318. The Morgan fingerprint density at radius 1 is 0.909 bits per heavy atom. The SMILES string of the molecule is CC(C)CC(=O)N(CC(C)C)NC(=O)[C@H](CC(C)C)[C@H](C/C=C/c1ccccc1)C(=O)NO. The first-order chi connectivity index (χ1) is 15.5. The highest BCUT2D eigenvalue weighted by atomic mass is 16.5. The summed E-state index contributed by atoms with van der Waals surface area (Å²) in [5.74, 6) is -2.18. The molecule has 1 aromatic carbocycles. The van der Waals surface area contributed by atoms with Crippen LogP contribution in [0.4, 0.5) is 0 Å². The number of allylic oxidation sites excluding steroid dienone is 1. The molecule has 3 amide bonds. The van der Waals surface area contributed by atoms with E-state index >= 15 is 0 Å². The van der Waals surface area contributed by atoms with E-state index in [1.54, 1.807) is 5.48 Å². The zero-order chi connectivity index (χ0) is 25.0. The first kappa shape index (κ1) is 28.4. The summed E-state index contributed by atoms with van der Waals surface area (Å²) in [7, 11) is 0. The minimum atomic E-state index is -0.779. The van der Waals surface area contributed by atoms with Gasteiger partial charge in [-0.2, -0.15) is 0 Å². The van der Waals surface area contributed by atoms with Gasteiger partial charge in [0.15, 0.2) is 0 Å². The lowest BCUT2D eigenvalue weighted by Gasteiger charge is -2.31. The van der Waals surface area contributed by atoms with Crippen molar-refractivity contribution in [2.24, 2.45) is 29.6 Å². The van der Waals surface area contributed by atoms with Gasteiger partial charge in [-0.15, -0.1) is 0 Å². The lowest BCUT2D eigenvalue weighted by molar-refractivity contribution is -0.148. The molecule has 0 heterocycles. The Morgan fingerprint density at radius 2 is 1.55 bits per heavy atom. The van der Waals surface area contributed by atoms with E-state index in [2.05, 4.69) is 5.43 Å². The Labute approximate surface area is 198 Å². The first-order valence-electron chi connectivity index (χ1n) is 11.8. The third-order valence-electron chi connectivity index (χ3n) is 5.17. The lowest BCUT2D eigenvalue weighted by atomic mass is 9.82. The van der Waals surface area contributed by atoms with Gasteiger partial charge in [0.1, 0.15) is 0 Å². The molecule has 3 N–H and O–H groups in total. The zero-order valence-electron chi connectivity index (χ0n) is 20.9. The third kappa shape index (κ3) is 10.7. The van der Waals surface area contributed by atoms with E-state index in [0.717, 1.165) is 5.56 Å². The lowest BCUT2D eigenvalue weighted by Crippen LogP contribution is -2.52. The van der Waals surface area contributed by atoms with Crippen molar-refractivity contribution in [3.63, 3.8) is 0 Å². The fourth-order valence-corrected chi connectivity index (χ4v) is 3.66. The summed E-state index contributed by atoms with van der Waals surface area (Å²) in [6, 6.07) is 9.65. The smallest absolute Gasteiger partial charge is 0.247 e. The van der Waals surface area contributed by atoms with Crippen molar-refractivity contribution < 1.29 is 19.6 Å². The van der Waals surface area contributed by atoms with Crippen LogP contribution in [0.25, 0.3) is 6.08 Å². The van der Waals surface area contributed by atoms with Crippen molar-refractivity contribution in [1.29, 1.82) is 0 Å². The maximum Gasteiger partial charge on any atom is 0.247 e. The normalized spacial score (nSPS) is 13.4. The fraction of sp³-hybridized carbons (Fsp3) is 0.577. The van der Waals surface area contributed by atoms with Crippen LogP contribution in [-0.4, -0.2) is 34.5 Å². The van der Waals surface area contributed by atoms with E-state index in [1.807, 2.05) is 84.0 Å². The van der Waals surface area contributed by atoms with Crippen molar-refractivity contribution in [3.05, 3.63) is 42.0 Å². The Kier molecular flexibility index (Phi) is 12.4. The zero-order valence-corrected chi connectivity index (χ0v) is 20.9. The van der Waals surface area contributed by atoms with Crippen molar-refractivity contribution >= 4 is 23.8 Å². The van der Waals surface area contributed by atoms with Gasteiger partial charge in [0, 0.05) is 13.0 Å². The van der Waals surface area contributed by atoms with Gasteiger partial charge in [0.05, 0.1) is 11.8 Å². The molecule has 0 saturated heterocycles. The minimum Gasteiger partial charge on any atom is -0.289 e. The average molecular weight is 460 g/mol. The number of carbonyl (C=O) groups excluding carboxylic acids is 3. The van der Waals surface area contributed by atoms with Crippen molar-refractivity contribution in [2.75, 3.05) is 6.54 Å². The maximum atomic E-state index is 13.4. The van der Waals surface area contributed by atoms with Crippen LogP contribution in [0, 0.1) is 29.6 Å². The molecule has 1 aromatic rings. The molecule has 0 bridgehead atoms. The molecule has 0 radical (unpaired) electrons. The molecule has 2 atom stereocenters. The highest BCUT2D eigenvalue weighted by Crippen LogP contribution is 2.26. The van der Waals surface area contributed by atoms with Crippen molar-refractivity contribution in [3.8, 4) is 0 Å². The summed E-state index contributed by atoms with van der Waals surface area (Å²) in [5, 5.41) is 10.7. The second-order valence-electron chi connectivity index (χ2n) is 9.84. The maximum absolute atomic E-state index is 13.4. The van der Waals surface area contributed by atoms with E-state index in [4.69, 9.17) is 0 Å².